The molecule has 0 atom stereocenters. The van der Waals surface area contributed by atoms with Gasteiger partial charge in [0, 0.05) is 0 Å². The van der Waals surface area contributed by atoms with Gasteiger partial charge in [-0.3, -0.25) is 0 Å². The van der Waals surface area contributed by atoms with Gasteiger partial charge in [-0.2, -0.15) is 22.0 Å². The van der Waals surface area contributed by atoms with Crippen LogP contribution in [0.15, 0.2) is 11.7 Å². The quantitative estimate of drug-likeness (QED) is 0.183. The largest absolute Gasteiger partial charge is 0.462 e. The zero-order valence-corrected chi connectivity index (χ0v) is 13.5. The molecule has 0 unspecified atom stereocenters. The Hall–Kier alpha value is -1.14. The normalized spacial score (nSPS) is 11.4. The van der Waals surface area contributed by atoms with Crippen molar-refractivity contribution in [2.75, 3.05) is 6.61 Å². The van der Waals surface area contributed by atoms with Gasteiger partial charge < -0.3 is 4.74 Å². The van der Waals surface area contributed by atoms with Gasteiger partial charge in [0.2, 0.25) is 5.57 Å². The molecule has 136 valence electrons. The molecule has 2 nitrogen and oxygen atoms in total. The molecule has 0 aromatic rings. The van der Waals surface area contributed by atoms with Gasteiger partial charge in [-0.25, -0.2) is 4.79 Å². The van der Waals surface area contributed by atoms with Crippen molar-refractivity contribution >= 4 is 5.97 Å². The molecule has 0 fully saturated rings. The Morgan fingerprint density at radius 3 is 1.65 bits per heavy atom. The number of esters is 1. The fraction of sp³-hybridized carbons (Fsp3) is 0.812. The summed E-state index contributed by atoms with van der Waals surface area (Å²) in [6.07, 6.45) is 1.72. The maximum atomic E-state index is 12.2. The van der Waals surface area contributed by atoms with Gasteiger partial charge in [0.1, 0.15) is 0 Å². The molecule has 0 aromatic heterocycles. The lowest BCUT2D eigenvalue weighted by Gasteiger charge is -2.10. The molecular weight excluding hydrogens is 319 g/mol. The first-order valence-corrected chi connectivity index (χ1v) is 8.10. The van der Waals surface area contributed by atoms with Gasteiger partial charge in [-0.05, 0) is 6.42 Å². The van der Waals surface area contributed by atoms with Crippen LogP contribution >= 0.6 is 0 Å². The minimum absolute atomic E-state index is 0.276. The first-order valence-electron chi connectivity index (χ1n) is 8.10. The van der Waals surface area contributed by atoms with E-state index in [1.165, 1.54) is 32.1 Å². The highest BCUT2D eigenvalue weighted by Crippen LogP contribution is 2.30. The van der Waals surface area contributed by atoms with Crippen LogP contribution in [0.25, 0.3) is 0 Å². The minimum atomic E-state index is -5.40. The Bertz CT molecular complexity index is 360. The number of rotatable bonds is 12. The molecule has 0 saturated carbocycles. The van der Waals surface area contributed by atoms with Crippen LogP contribution in [0.3, 0.4) is 0 Å². The second-order valence-electron chi connectivity index (χ2n) is 5.45. The van der Waals surface area contributed by atoms with Gasteiger partial charge in [0.25, 0.3) is 6.08 Å². The van der Waals surface area contributed by atoms with E-state index in [4.69, 9.17) is 0 Å². The van der Waals surface area contributed by atoms with Crippen LogP contribution < -0.4 is 0 Å². The lowest BCUT2D eigenvalue weighted by atomic mass is 10.1. The van der Waals surface area contributed by atoms with E-state index in [1.54, 1.807) is 0 Å². The Kier molecular flexibility index (Phi) is 11.7. The van der Waals surface area contributed by atoms with E-state index >= 15 is 0 Å². The zero-order valence-electron chi connectivity index (χ0n) is 13.5. The number of halogens is 5. The minimum Gasteiger partial charge on any atom is -0.462 e. The maximum absolute atomic E-state index is 12.2. The number of carbonyl (C=O) groups excluding carboxylic acids is 1. The highest BCUT2D eigenvalue weighted by Gasteiger charge is 2.44. The number of unbranched alkanes of at least 4 members (excludes halogenated alkanes) is 9. The predicted molar refractivity (Wildman–Crippen MR) is 78.1 cm³/mol. The number of ether oxygens (including phenoxy) is 1. The molecule has 0 N–H and O–H groups in total. The summed E-state index contributed by atoms with van der Waals surface area (Å²) in [4.78, 5) is 11.0. The van der Waals surface area contributed by atoms with Gasteiger partial charge in [0.15, 0.2) is 0 Å². The number of carbonyl (C=O) groups is 1. The van der Waals surface area contributed by atoms with E-state index in [2.05, 4.69) is 11.7 Å². The first kappa shape index (κ1) is 21.9. The molecule has 0 radical (unpaired) electrons. The van der Waals surface area contributed by atoms with Crippen molar-refractivity contribution in [2.24, 2.45) is 0 Å². The van der Waals surface area contributed by atoms with Crippen LogP contribution in [0.5, 0.6) is 0 Å². The first-order chi connectivity index (χ1) is 10.8. The molecule has 0 saturated heterocycles. The monoisotopic (exact) mass is 344 g/mol. The smallest absolute Gasteiger partial charge is 0.428 e. The Morgan fingerprint density at radius 1 is 0.826 bits per heavy atom. The molecule has 0 aliphatic heterocycles. The van der Waals surface area contributed by atoms with Crippen LogP contribution in [0.4, 0.5) is 22.0 Å². The number of hydrogen-bond donors (Lipinski definition) is 0. The van der Waals surface area contributed by atoms with Crippen molar-refractivity contribution < 1.29 is 31.5 Å². The third-order valence-electron chi connectivity index (χ3n) is 3.41. The fourth-order valence-corrected chi connectivity index (χ4v) is 2.13. The number of hydrogen-bond acceptors (Lipinski definition) is 2. The summed E-state index contributed by atoms with van der Waals surface area (Å²) in [7, 11) is 0. The molecule has 0 aliphatic rings. The topological polar surface area (TPSA) is 26.3 Å². The molecule has 0 bridgehead atoms. The Labute approximate surface area is 134 Å². The SMILES string of the molecule is CCCCCCCCCCCCOC(=O)C(=C(F)F)C(F)(F)F. The third kappa shape index (κ3) is 11.1. The van der Waals surface area contributed by atoms with E-state index < -0.39 is 23.8 Å². The molecule has 0 rings (SSSR count). The molecular formula is C16H25F5O2. The van der Waals surface area contributed by atoms with Crippen molar-refractivity contribution in [1.29, 1.82) is 0 Å². The third-order valence-corrected chi connectivity index (χ3v) is 3.41. The molecule has 0 aliphatic carbocycles. The summed E-state index contributed by atoms with van der Waals surface area (Å²) in [5.41, 5.74) is -2.51. The van der Waals surface area contributed by atoms with E-state index in [0.29, 0.717) is 12.8 Å². The molecule has 0 spiro atoms. The van der Waals surface area contributed by atoms with Gasteiger partial charge in [0.05, 0.1) is 6.61 Å². The van der Waals surface area contributed by atoms with Crippen LogP contribution in [0.1, 0.15) is 71.1 Å². The van der Waals surface area contributed by atoms with Crippen molar-refractivity contribution in [3.63, 3.8) is 0 Å². The standard InChI is InChI=1S/C16H25F5O2/c1-2-3-4-5-6-7-8-9-10-11-12-23-15(22)13(14(17)18)16(19,20)21/h2-12H2,1H3. The zero-order chi connectivity index (χ0) is 17.7. The second kappa shape index (κ2) is 12.3. The van der Waals surface area contributed by atoms with Gasteiger partial charge >= 0.3 is 12.1 Å². The lowest BCUT2D eigenvalue weighted by molar-refractivity contribution is -0.152. The Balaban J connectivity index is 3.69. The van der Waals surface area contributed by atoms with Gasteiger partial charge in [-0.1, -0.05) is 64.7 Å². The second-order valence-corrected chi connectivity index (χ2v) is 5.45. The van der Waals surface area contributed by atoms with Crippen molar-refractivity contribution in [2.45, 2.75) is 77.3 Å². The van der Waals surface area contributed by atoms with Crippen LogP contribution in [-0.4, -0.2) is 18.8 Å². The molecule has 0 heterocycles. The van der Waals surface area contributed by atoms with E-state index in [0.717, 1.165) is 19.3 Å². The highest BCUT2D eigenvalue weighted by atomic mass is 19.4. The summed E-state index contributed by atoms with van der Waals surface area (Å²) in [5, 5.41) is 0. The van der Waals surface area contributed by atoms with Crippen molar-refractivity contribution in [3.05, 3.63) is 11.7 Å². The molecule has 7 heteroatoms. The van der Waals surface area contributed by atoms with Crippen molar-refractivity contribution in [1.82, 2.24) is 0 Å². The van der Waals surface area contributed by atoms with E-state index in [-0.39, 0.29) is 6.61 Å². The van der Waals surface area contributed by atoms with E-state index in [1.807, 2.05) is 0 Å². The summed E-state index contributed by atoms with van der Waals surface area (Å²) in [6.45, 7) is 1.88. The summed E-state index contributed by atoms with van der Waals surface area (Å²) >= 11 is 0. The summed E-state index contributed by atoms with van der Waals surface area (Å²) < 4.78 is 65.2. The summed E-state index contributed by atoms with van der Waals surface area (Å²) in [5.74, 6) is -2.01. The maximum Gasteiger partial charge on any atom is 0.428 e. The molecule has 23 heavy (non-hydrogen) atoms. The fourth-order valence-electron chi connectivity index (χ4n) is 2.13. The average Bonchev–Trinajstić information content (AvgIpc) is 2.42. The summed E-state index contributed by atoms with van der Waals surface area (Å²) in [6, 6.07) is 0. The predicted octanol–water partition coefficient (Wildman–Crippen LogP) is 6.16. The number of alkyl halides is 3. The van der Waals surface area contributed by atoms with E-state index in [9.17, 15) is 26.7 Å². The molecule has 0 amide bonds. The van der Waals surface area contributed by atoms with Crippen molar-refractivity contribution in [3.8, 4) is 0 Å². The average molecular weight is 344 g/mol. The highest BCUT2D eigenvalue weighted by molar-refractivity contribution is 5.90. The van der Waals surface area contributed by atoms with Crippen LogP contribution in [0.2, 0.25) is 0 Å². The lowest BCUT2D eigenvalue weighted by Crippen LogP contribution is -2.23. The van der Waals surface area contributed by atoms with Crippen LogP contribution in [-0.2, 0) is 9.53 Å². The Morgan fingerprint density at radius 2 is 1.26 bits per heavy atom. The molecule has 0 aromatic carbocycles. The van der Waals surface area contributed by atoms with Crippen LogP contribution in [0, 0.1) is 0 Å². The van der Waals surface area contributed by atoms with Gasteiger partial charge in [-0.15, -0.1) is 0 Å².